The molecule has 3 rings (SSSR count). The molecule has 0 aliphatic carbocycles. The molecule has 0 unspecified atom stereocenters. The van der Waals surface area contributed by atoms with Gasteiger partial charge in [0.15, 0.2) is 23.0 Å². The molecule has 7 nitrogen and oxygen atoms in total. The lowest BCUT2D eigenvalue weighted by atomic mass is 10.0. The van der Waals surface area contributed by atoms with Crippen LogP contribution >= 0.6 is 0 Å². The summed E-state index contributed by atoms with van der Waals surface area (Å²) in [5.74, 6) is 2.32. The molecule has 0 saturated heterocycles. The van der Waals surface area contributed by atoms with Crippen molar-refractivity contribution in [1.29, 1.82) is 0 Å². The quantitative estimate of drug-likeness (QED) is 0.734. The monoisotopic (exact) mass is 373 g/mol. The minimum Gasteiger partial charge on any atom is -0.493 e. The Balaban J connectivity index is 1.58. The Morgan fingerprint density at radius 2 is 1.96 bits per heavy atom. The van der Waals surface area contributed by atoms with Crippen LogP contribution in [0.1, 0.15) is 16.7 Å². The molecule has 1 amide bonds. The van der Waals surface area contributed by atoms with Crippen LogP contribution in [0, 0.1) is 0 Å². The number of amides is 1. The van der Waals surface area contributed by atoms with E-state index in [1.54, 1.807) is 12.1 Å². The van der Waals surface area contributed by atoms with Gasteiger partial charge in [-0.3, -0.25) is 4.79 Å². The van der Waals surface area contributed by atoms with Gasteiger partial charge in [-0.2, -0.15) is 0 Å². The maximum atomic E-state index is 12.3. The number of aliphatic hydroxyl groups is 1. The number of carbonyl (C=O) groups is 1. The van der Waals surface area contributed by atoms with Crippen LogP contribution in [0.25, 0.3) is 0 Å². The molecule has 1 aliphatic rings. The van der Waals surface area contributed by atoms with Crippen molar-refractivity contribution >= 4 is 5.91 Å². The molecule has 1 aliphatic heterocycles. The van der Waals surface area contributed by atoms with Gasteiger partial charge in [0.05, 0.1) is 27.2 Å². The van der Waals surface area contributed by atoms with Gasteiger partial charge in [-0.25, -0.2) is 0 Å². The van der Waals surface area contributed by atoms with E-state index in [0.717, 1.165) is 17.1 Å². The summed E-state index contributed by atoms with van der Waals surface area (Å²) in [5, 5.41) is 12.6. The SMILES string of the molecule is COc1ccc(CC(=O)NCCc2ccc3c(c2)OCO3)c(CO)c1OC. The van der Waals surface area contributed by atoms with Crippen LogP contribution < -0.4 is 24.3 Å². The average molecular weight is 373 g/mol. The fourth-order valence-electron chi connectivity index (χ4n) is 3.05. The highest BCUT2D eigenvalue weighted by molar-refractivity contribution is 5.79. The maximum Gasteiger partial charge on any atom is 0.231 e. The molecular weight excluding hydrogens is 350 g/mol. The number of aliphatic hydroxyl groups excluding tert-OH is 1. The largest absolute Gasteiger partial charge is 0.493 e. The van der Waals surface area contributed by atoms with Crippen LogP contribution in [0.4, 0.5) is 0 Å². The molecule has 144 valence electrons. The Kier molecular flexibility index (Phi) is 6.03. The fourth-order valence-corrected chi connectivity index (χ4v) is 3.05. The van der Waals surface area contributed by atoms with Crippen molar-refractivity contribution in [2.24, 2.45) is 0 Å². The molecule has 2 N–H and O–H groups in total. The third-order valence-electron chi connectivity index (χ3n) is 4.43. The number of rotatable bonds is 8. The Labute approximate surface area is 157 Å². The lowest BCUT2D eigenvalue weighted by molar-refractivity contribution is -0.120. The first-order valence-electron chi connectivity index (χ1n) is 8.65. The standard InChI is InChI=1S/C20H23NO6/c1-24-17-6-4-14(15(11-22)20(17)25-2)10-19(23)21-8-7-13-3-5-16-18(9-13)27-12-26-16/h3-6,9,22H,7-8,10-12H2,1-2H3,(H,21,23). The second kappa shape index (κ2) is 8.64. The highest BCUT2D eigenvalue weighted by Gasteiger charge is 2.17. The summed E-state index contributed by atoms with van der Waals surface area (Å²) in [5.41, 5.74) is 2.32. The van der Waals surface area contributed by atoms with Gasteiger partial charge in [0.2, 0.25) is 12.7 Å². The first-order chi connectivity index (χ1) is 13.2. The molecule has 2 aromatic carbocycles. The number of carbonyl (C=O) groups excluding carboxylic acids is 1. The lowest BCUT2D eigenvalue weighted by Gasteiger charge is -2.15. The average Bonchev–Trinajstić information content (AvgIpc) is 3.15. The first-order valence-corrected chi connectivity index (χ1v) is 8.65. The van der Waals surface area contributed by atoms with E-state index < -0.39 is 0 Å². The van der Waals surface area contributed by atoms with Crippen molar-refractivity contribution in [3.05, 3.63) is 47.0 Å². The molecule has 7 heteroatoms. The molecule has 0 bridgehead atoms. The van der Waals surface area contributed by atoms with Crippen molar-refractivity contribution in [1.82, 2.24) is 5.32 Å². The number of benzene rings is 2. The van der Waals surface area contributed by atoms with Crippen molar-refractivity contribution in [2.75, 3.05) is 27.6 Å². The van der Waals surface area contributed by atoms with Crippen molar-refractivity contribution in [3.63, 3.8) is 0 Å². The van der Waals surface area contributed by atoms with Gasteiger partial charge in [0.1, 0.15) is 0 Å². The number of methoxy groups -OCH3 is 2. The van der Waals surface area contributed by atoms with Gasteiger partial charge in [-0.1, -0.05) is 12.1 Å². The van der Waals surface area contributed by atoms with Gasteiger partial charge >= 0.3 is 0 Å². The smallest absolute Gasteiger partial charge is 0.231 e. The Morgan fingerprint density at radius 1 is 1.15 bits per heavy atom. The minimum atomic E-state index is -0.236. The second-order valence-electron chi connectivity index (χ2n) is 6.06. The molecule has 0 atom stereocenters. The summed E-state index contributed by atoms with van der Waals surface area (Å²) < 4.78 is 21.2. The molecule has 0 fully saturated rings. The van der Waals surface area contributed by atoms with Crippen molar-refractivity contribution < 1.29 is 28.8 Å². The van der Waals surface area contributed by atoms with E-state index >= 15 is 0 Å². The highest BCUT2D eigenvalue weighted by atomic mass is 16.7. The Bertz CT molecular complexity index is 820. The minimum absolute atomic E-state index is 0.127. The van der Waals surface area contributed by atoms with Crippen LogP contribution in [0.15, 0.2) is 30.3 Å². The Morgan fingerprint density at radius 3 is 2.70 bits per heavy atom. The van der Waals surface area contributed by atoms with Gasteiger partial charge in [0, 0.05) is 12.1 Å². The van der Waals surface area contributed by atoms with Gasteiger partial charge in [-0.05, 0) is 35.7 Å². The third kappa shape index (κ3) is 4.25. The number of fused-ring (bicyclic) bond motifs is 1. The van der Waals surface area contributed by atoms with E-state index in [1.807, 2.05) is 18.2 Å². The molecule has 27 heavy (non-hydrogen) atoms. The molecule has 0 aromatic heterocycles. The van der Waals surface area contributed by atoms with Crippen LogP contribution in [0.2, 0.25) is 0 Å². The zero-order chi connectivity index (χ0) is 19.2. The number of nitrogens with one attached hydrogen (secondary N) is 1. The summed E-state index contributed by atoms with van der Waals surface area (Å²) in [6, 6.07) is 9.25. The molecule has 2 aromatic rings. The fraction of sp³-hybridized carbons (Fsp3) is 0.350. The van der Waals surface area contributed by atoms with E-state index in [2.05, 4.69) is 5.32 Å². The summed E-state index contributed by atoms with van der Waals surface area (Å²) in [4.78, 5) is 12.3. The summed E-state index contributed by atoms with van der Waals surface area (Å²) in [7, 11) is 3.04. The van der Waals surface area contributed by atoms with Gasteiger partial charge < -0.3 is 29.4 Å². The highest BCUT2D eigenvalue weighted by Crippen LogP contribution is 2.34. The summed E-state index contributed by atoms with van der Waals surface area (Å²) in [6.45, 7) is 0.508. The molecule has 0 saturated carbocycles. The zero-order valence-electron chi connectivity index (χ0n) is 15.4. The van der Waals surface area contributed by atoms with Crippen LogP contribution in [0.5, 0.6) is 23.0 Å². The van der Waals surface area contributed by atoms with E-state index in [0.29, 0.717) is 35.6 Å². The summed E-state index contributed by atoms with van der Waals surface area (Å²) in [6.07, 6.45) is 0.832. The topological polar surface area (TPSA) is 86.3 Å². The maximum absolute atomic E-state index is 12.3. The van der Waals surface area contributed by atoms with E-state index in [-0.39, 0.29) is 25.7 Å². The van der Waals surface area contributed by atoms with Crippen LogP contribution in [-0.4, -0.2) is 38.6 Å². The van der Waals surface area contributed by atoms with Gasteiger partial charge in [-0.15, -0.1) is 0 Å². The second-order valence-corrected chi connectivity index (χ2v) is 6.06. The predicted octanol–water partition coefficient (Wildman–Crippen LogP) is 1.83. The number of ether oxygens (including phenoxy) is 4. The van der Waals surface area contributed by atoms with Crippen molar-refractivity contribution in [3.8, 4) is 23.0 Å². The van der Waals surface area contributed by atoms with Crippen LogP contribution in [-0.2, 0) is 24.2 Å². The number of hydrogen-bond acceptors (Lipinski definition) is 6. The predicted molar refractivity (Wildman–Crippen MR) is 98.5 cm³/mol. The molecule has 1 heterocycles. The van der Waals surface area contributed by atoms with E-state index in [9.17, 15) is 9.90 Å². The summed E-state index contributed by atoms with van der Waals surface area (Å²) >= 11 is 0. The normalized spacial score (nSPS) is 12.0. The first kappa shape index (κ1) is 18.8. The van der Waals surface area contributed by atoms with E-state index in [4.69, 9.17) is 18.9 Å². The molecule has 0 radical (unpaired) electrons. The zero-order valence-corrected chi connectivity index (χ0v) is 15.4. The number of hydrogen-bond donors (Lipinski definition) is 2. The molecular formula is C20H23NO6. The van der Waals surface area contributed by atoms with Crippen molar-refractivity contribution in [2.45, 2.75) is 19.4 Å². The Hall–Kier alpha value is -2.93. The lowest BCUT2D eigenvalue weighted by Crippen LogP contribution is -2.27. The third-order valence-corrected chi connectivity index (χ3v) is 4.43. The van der Waals surface area contributed by atoms with Crippen LogP contribution in [0.3, 0.4) is 0 Å². The molecule has 0 spiro atoms. The van der Waals surface area contributed by atoms with Gasteiger partial charge in [0.25, 0.3) is 0 Å². The van der Waals surface area contributed by atoms with E-state index in [1.165, 1.54) is 14.2 Å².